The molecule has 1 saturated carbocycles. The van der Waals surface area contributed by atoms with E-state index in [0.717, 1.165) is 12.8 Å². The Hall–Kier alpha value is -2.48. The first-order chi connectivity index (χ1) is 15.1. The minimum absolute atomic E-state index is 0.0440. The molecular formula is C24H30F2N2O4. The molecule has 32 heavy (non-hydrogen) atoms. The summed E-state index contributed by atoms with van der Waals surface area (Å²) in [5.41, 5.74) is 0.0473. The lowest BCUT2D eigenvalue weighted by molar-refractivity contribution is -0.0331. The molecule has 174 valence electrons. The van der Waals surface area contributed by atoms with Crippen molar-refractivity contribution in [1.29, 1.82) is 0 Å². The number of amides is 1. The van der Waals surface area contributed by atoms with Gasteiger partial charge in [-0.25, -0.2) is 13.6 Å². The average Bonchev–Trinajstić information content (AvgIpc) is 3.46. The molecule has 0 N–H and O–H groups in total. The third-order valence-corrected chi connectivity index (χ3v) is 5.89. The second-order valence-corrected chi connectivity index (χ2v) is 9.73. The zero-order chi connectivity index (χ0) is 23.0. The molecular weight excluding hydrogens is 418 g/mol. The van der Waals surface area contributed by atoms with Gasteiger partial charge in [-0.3, -0.25) is 0 Å². The van der Waals surface area contributed by atoms with Crippen molar-refractivity contribution in [3.05, 3.63) is 41.2 Å². The lowest BCUT2D eigenvalue weighted by Gasteiger charge is -2.38. The lowest BCUT2D eigenvalue weighted by atomic mass is 10.0. The van der Waals surface area contributed by atoms with Crippen molar-refractivity contribution in [2.24, 2.45) is 0 Å². The minimum atomic E-state index is -0.679. The van der Waals surface area contributed by atoms with E-state index in [1.54, 1.807) is 4.90 Å². The van der Waals surface area contributed by atoms with Crippen molar-refractivity contribution in [2.45, 2.75) is 83.6 Å². The number of ether oxygens (including phenoxy) is 2. The van der Waals surface area contributed by atoms with E-state index in [0.29, 0.717) is 30.7 Å². The number of aromatic nitrogens is 1. The minimum Gasteiger partial charge on any atom is -0.444 e. The molecule has 1 aliphatic carbocycles. The van der Waals surface area contributed by atoms with Crippen molar-refractivity contribution in [3.8, 4) is 11.3 Å². The van der Waals surface area contributed by atoms with Crippen LogP contribution in [0.15, 0.2) is 22.7 Å². The Morgan fingerprint density at radius 3 is 2.50 bits per heavy atom. The summed E-state index contributed by atoms with van der Waals surface area (Å²) in [6.07, 6.45) is 2.81. The molecule has 6 nitrogen and oxygen atoms in total. The maximum atomic E-state index is 14.4. The predicted octanol–water partition coefficient (Wildman–Crippen LogP) is 5.80. The van der Waals surface area contributed by atoms with Crippen LogP contribution in [-0.4, -0.2) is 40.4 Å². The van der Waals surface area contributed by atoms with Gasteiger partial charge in [0, 0.05) is 24.1 Å². The van der Waals surface area contributed by atoms with E-state index in [9.17, 15) is 13.6 Å². The molecule has 2 aromatic rings. The molecule has 1 saturated heterocycles. The molecule has 2 atom stereocenters. The monoisotopic (exact) mass is 448 g/mol. The molecule has 1 aliphatic heterocycles. The van der Waals surface area contributed by atoms with Gasteiger partial charge in [-0.05, 0) is 65.5 Å². The van der Waals surface area contributed by atoms with Crippen LogP contribution >= 0.6 is 0 Å². The summed E-state index contributed by atoms with van der Waals surface area (Å²) in [6, 6.07) is 3.70. The molecule has 0 bridgehead atoms. The quantitative estimate of drug-likeness (QED) is 0.578. The Morgan fingerprint density at radius 2 is 1.91 bits per heavy atom. The number of piperidine rings is 1. The molecule has 1 aromatic heterocycles. The zero-order valence-electron chi connectivity index (χ0n) is 19.0. The highest BCUT2D eigenvalue weighted by Gasteiger charge is 2.36. The van der Waals surface area contributed by atoms with E-state index in [4.69, 9.17) is 14.0 Å². The summed E-state index contributed by atoms with van der Waals surface area (Å²) < 4.78 is 46.0. The average molecular weight is 449 g/mol. The van der Waals surface area contributed by atoms with E-state index >= 15 is 0 Å². The normalized spacial score (nSPS) is 21.6. The summed E-state index contributed by atoms with van der Waals surface area (Å²) in [7, 11) is 0. The van der Waals surface area contributed by atoms with Gasteiger partial charge in [-0.15, -0.1) is 0 Å². The Balaban J connectivity index is 1.46. The van der Waals surface area contributed by atoms with Gasteiger partial charge in [-0.2, -0.15) is 0 Å². The SMILES string of the molecule is C[C@@H]1CC(OCc2c(-c3c(F)cccc3F)noc2C2CC2)CCN1C(=O)OC(C)(C)C. The summed E-state index contributed by atoms with van der Waals surface area (Å²) in [5, 5.41) is 4.01. The third kappa shape index (κ3) is 4.95. The van der Waals surface area contributed by atoms with Crippen molar-refractivity contribution >= 4 is 6.09 Å². The van der Waals surface area contributed by atoms with Crippen molar-refractivity contribution in [2.75, 3.05) is 6.54 Å². The van der Waals surface area contributed by atoms with Gasteiger partial charge < -0.3 is 18.9 Å². The van der Waals surface area contributed by atoms with Crippen molar-refractivity contribution < 1.29 is 27.6 Å². The zero-order valence-corrected chi connectivity index (χ0v) is 19.0. The van der Waals surface area contributed by atoms with E-state index in [1.165, 1.54) is 18.2 Å². The fourth-order valence-corrected chi connectivity index (χ4v) is 4.12. The second-order valence-electron chi connectivity index (χ2n) is 9.73. The van der Waals surface area contributed by atoms with Gasteiger partial charge in [0.1, 0.15) is 28.7 Å². The van der Waals surface area contributed by atoms with Crippen LogP contribution in [0.5, 0.6) is 0 Å². The fourth-order valence-electron chi connectivity index (χ4n) is 4.12. The first-order valence-corrected chi connectivity index (χ1v) is 11.2. The third-order valence-electron chi connectivity index (χ3n) is 5.89. The number of carbonyl (C=O) groups is 1. The number of hydrogen-bond donors (Lipinski definition) is 0. The molecule has 1 unspecified atom stereocenters. The molecule has 0 spiro atoms. The number of hydrogen-bond acceptors (Lipinski definition) is 5. The van der Waals surface area contributed by atoms with Gasteiger partial charge in [0.15, 0.2) is 0 Å². The van der Waals surface area contributed by atoms with Crippen LogP contribution in [0.1, 0.15) is 70.6 Å². The lowest BCUT2D eigenvalue weighted by Crippen LogP contribution is -2.48. The van der Waals surface area contributed by atoms with Gasteiger partial charge in [0.25, 0.3) is 0 Å². The first-order valence-electron chi connectivity index (χ1n) is 11.2. The highest BCUT2D eigenvalue weighted by Crippen LogP contribution is 2.45. The van der Waals surface area contributed by atoms with E-state index in [2.05, 4.69) is 5.16 Å². The molecule has 2 aliphatic rings. The van der Waals surface area contributed by atoms with Crippen LogP contribution in [0.2, 0.25) is 0 Å². The molecule has 4 rings (SSSR count). The standard InChI is InChI=1S/C24H30F2N2O4/c1-14-12-16(10-11-28(14)23(29)31-24(2,3)4)30-13-17-21(27-32-22(17)15-8-9-15)20-18(25)6-5-7-19(20)26/h5-7,14-16H,8-13H2,1-4H3/t14-,16?/m1/s1. The number of rotatable bonds is 5. The van der Waals surface area contributed by atoms with E-state index < -0.39 is 17.2 Å². The Bertz CT molecular complexity index is 961. The Morgan fingerprint density at radius 1 is 1.22 bits per heavy atom. The molecule has 2 heterocycles. The van der Waals surface area contributed by atoms with Crippen LogP contribution in [0.25, 0.3) is 11.3 Å². The van der Waals surface area contributed by atoms with Gasteiger partial charge in [0.2, 0.25) is 0 Å². The molecule has 2 fully saturated rings. The number of carbonyl (C=O) groups excluding carboxylic acids is 1. The first kappa shape index (κ1) is 22.7. The summed E-state index contributed by atoms with van der Waals surface area (Å²) in [4.78, 5) is 14.2. The van der Waals surface area contributed by atoms with Gasteiger partial charge in [0.05, 0.1) is 18.3 Å². The predicted molar refractivity (Wildman–Crippen MR) is 114 cm³/mol. The van der Waals surface area contributed by atoms with Crippen LogP contribution in [0, 0.1) is 11.6 Å². The molecule has 8 heteroatoms. The summed E-state index contributed by atoms with van der Waals surface area (Å²) in [5.74, 6) is -0.484. The maximum Gasteiger partial charge on any atom is 0.410 e. The number of likely N-dealkylation sites (tertiary alicyclic amines) is 1. The molecule has 1 aromatic carbocycles. The second kappa shape index (κ2) is 8.81. The smallest absolute Gasteiger partial charge is 0.410 e. The molecule has 0 radical (unpaired) electrons. The Labute approximate surface area is 186 Å². The van der Waals surface area contributed by atoms with Crippen LogP contribution < -0.4 is 0 Å². The molecule has 1 amide bonds. The van der Waals surface area contributed by atoms with Crippen molar-refractivity contribution in [1.82, 2.24) is 10.1 Å². The van der Waals surface area contributed by atoms with Gasteiger partial charge in [-0.1, -0.05) is 11.2 Å². The number of benzene rings is 1. The summed E-state index contributed by atoms with van der Waals surface area (Å²) in [6.45, 7) is 8.18. The van der Waals surface area contributed by atoms with Crippen LogP contribution in [-0.2, 0) is 16.1 Å². The van der Waals surface area contributed by atoms with Crippen LogP contribution in [0.3, 0.4) is 0 Å². The Kier molecular flexibility index (Phi) is 6.25. The summed E-state index contributed by atoms with van der Waals surface area (Å²) >= 11 is 0. The van der Waals surface area contributed by atoms with Crippen molar-refractivity contribution in [3.63, 3.8) is 0 Å². The van der Waals surface area contributed by atoms with E-state index in [-0.39, 0.29) is 42.0 Å². The number of halogens is 2. The maximum absolute atomic E-state index is 14.4. The van der Waals surface area contributed by atoms with Gasteiger partial charge >= 0.3 is 6.09 Å². The van der Waals surface area contributed by atoms with Crippen LogP contribution in [0.4, 0.5) is 13.6 Å². The fraction of sp³-hybridized carbons (Fsp3) is 0.583. The highest BCUT2D eigenvalue weighted by molar-refractivity contribution is 5.68. The topological polar surface area (TPSA) is 64.8 Å². The van der Waals surface area contributed by atoms with E-state index in [1.807, 2.05) is 27.7 Å². The number of nitrogens with zero attached hydrogens (tertiary/aromatic N) is 2. The largest absolute Gasteiger partial charge is 0.444 e. The highest BCUT2D eigenvalue weighted by atomic mass is 19.1.